The Labute approximate surface area is 136 Å². The molecule has 2 aromatic rings. The van der Waals surface area contributed by atoms with E-state index in [1.54, 1.807) is 18.2 Å². The number of carbonyl (C=O) groups excluding carboxylic acids is 1. The van der Waals surface area contributed by atoms with Crippen LogP contribution in [0.5, 0.6) is 0 Å². The van der Waals surface area contributed by atoms with Gasteiger partial charge in [0.05, 0.1) is 11.6 Å². The number of nitriles is 1. The number of nitrogens with one attached hydrogen (secondary N) is 1. The average molecular weight is 330 g/mol. The molecule has 24 heavy (non-hydrogen) atoms. The maximum Gasteiger partial charge on any atom is 0.326 e. The third kappa shape index (κ3) is 4.14. The quantitative estimate of drug-likeness (QED) is 0.880. The lowest BCUT2D eigenvalue weighted by molar-refractivity contribution is -0.139. The van der Waals surface area contributed by atoms with Crippen molar-refractivity contribution in [2.24, 2.45) is 0 Å². The third-order valence-electron chi connectivity index (χ3n) is 3.28. The van der Waals surface area contributed by atoms with E-state index < -0.39 is 29.6 Å². The Kier molecular flexibility index (Phi) is 5.22. The highest BCUT2D eigenvalue weighted by Gasteiger charge is 2.22. The van der Waals surface area contributed by atoms with Crippen molar-refractivity contribution in [1.29, 1.82) is 5.26 Å². The van der Waals surface area contributed by atoms with Crippen LogP contribution in [-0.4, -0.2) is 23.0 Å². The molecule has 5 nitrogen and oxygen atoms in total. The summed E-state index contributed by atoms with van der Waals surface area (Å²) in [5.74, 6) is -4.42. The zero-order valence-electron chi connectivity index (χ0n) is 12.3. The number of amides is 1. The first-order chi connectivity index (χ1) is 11.4. The molecule has 0 aliphatic carbocycles. The summed E-state index contributed by atoms with van der Waals surface area (Å²) in [7, 11) is 0. The summed E-state index contributed by atoms with van der Waals surface area (Å²) in [5, 5.41) is 20.3. The van der Waals surface area contributed by atoms with Crippen LogP contribution in [0.25, 0.3) is 0 Å². The summed E-state index contributed by atoms with van der Waals surface area (Å²) in [6.07, 6.45) is -0.0553. The number of benzene rings is 2. The predicted octanol–water partition coefficient (Wildman–Crippen LogP) is 2.26. The lowest BCUT2D eigenvalue weighted by Gasteiger charge is -2.15. The highest BCUT2D eigenvalue weighted by atomic mass is 19.2. The molecule has 7 heteroatoms. The number of nitrogens with zero attached hydrogens (tertiary/aromatic N) is 1. The molecule has 0 fully saturated rings. The summed E-state index contributed by atoms with van der Waals surface area (Å²) in [4.78, 5) is 23.4. The van der Waals surface area contributed by atoms with Gasteiger partial charge in [-0.1, -0.05) is 12.1 Å². The van der Waals surface area contributed by atoms with Crippen molar-refractivity contribution in [3.05, 3.63) is 70.8 Å². The molecule has 0 spiro atoms. The molecule has 0 aliphatic heterocycles. The number of carbonyl (C=O) groups is 2. The second kappa shape index (κ2) is 7.33. The van der Waals surface area contributed by atoms with E-state index in [0.29, 0.717) is 17.2 Å². The number of carboxylic acids is 1. The van der Waals surface area contributed by atoms with Crippen molar-refractivity contribution >= 4 is 11.9 Å². The second-order valence-electron chi connectivity index (χ2n) is 5.01. The maximum atomic E-state index is 13.2. The molecule has 0 aliphatic rings. The molecule has 0 unspecified atom stereocenters. The summed E-state index contributed by atoms with van der Waals surface area (Å²) in [5.41, 5.74) is 0.724. The van der Waals surface area contributed by atoms with Crippen LogP contribution in [0.3, 0.4) is 0 Å². The lowest BCUT2D eigenvalue weighted by Crippen LogP contribution is -2.42. The molecular formula is C17H12F2N2O3. The maximum absolute atomic E-state index is 13.2. The zero-order valence-corrected chi connectivity index (χ0v) is 12.3. The van der Waals surface area contributed by atoms with Gasteiger partial charge in [-0.2, -0.15) is 5.26 Å². The predicted molar refractivity (Wildman–Crippen MR) is 80.1 cm³/mol. The fourth-order valence-corrected chi connectivity index (χ4v) is 2.08. The Balaban J connectivity index is 2.16. The number of aliphatic carboxylic acids is 1. The van der Waals surface area contributed by atoms with Gasteiger partial charge in [0.15, 0.2) is 11.6 Å². The van der Waals surface area contributed by atoms with E-state index in [1.807, 2.05) is 6.07 Å². The van der Waals surface area contributed by atoms with Crippen molar-refractivity contribution in [2.75, 3.05) is 0 Å². The normalized spacial score (nSPS) is 11.4. The summed E-state index contributed by atoms with van der Waals surface area (Å²) in [6, 6.07) is 9.51. The van der Waals surface area contributed by atoms with Crippen LogP contribution in [0.1, 0.15) is 21.5 Å². The molecule has 1 amide bonds. The molecule has 0 bridgehead atoms. The van der Waals surface area contributed by atoms with Crippen molar-refractivity contribution in [2.45, 2.75) is 12.5 Å². The van der Waals surface area contributed by atoms with Crippen molar-refractivity contribution in [3.8, 4) is 6.07 Å². The summed E-state index contributed by atoms with van der Waals surface area (Å²) in [6.45, 7) is 0. The molecule has 0 aromatic heterocycles. The zero-order chi connectivity index (χ0) is 17.7. The van der Waals surface area contributed by atoms with Gasteiger partial charge in [-0.3, -0.25) is 4.79 Å². The van der Waals surface area contributed by atoms with Gasteiger partial charge in [0, 0.05) is 12.0 Å². The van der Waals surface area contributed by atoms with Crippen molar-refractivity contribution in [3.63, 3.8) is 0 Å². The molecule has 0 heterocycles. The van der Waals surface area contributed by atoms with E-state index in [1.165, 1.54) is 6.07 Å². The Morgan fingerprint density at radius 1 is 1.17 bits per heavy atom. The van der Waals surface area contributed by atoms with Crippen LogP contribution >= 0.6 is 0 Å². The monoisotopic (exact) mass is 330 g/mol. The van der Waals surface area contributed by atoms with Gasteiger partial charge >= 0.3 is 5.97 Å². The average Bonchev–Trinajstić information content (AvgIpc) is 2.56. The van der Waals surface area contributed by atoms with Crippen LogP contribution in [0.2, 0.25) is 0 Å². The lowest BCUT2D eigenvalue weighted by atomic mass is 10.0. The Hall–Kier alpha value is -3.27. The SMILES string of the molecule is N#Cc1cccc(C[C@@H](NC(=O)c2ccc(F)c(F)c2)C(=O)O)c1. The highest BCUT2D eigenvalue weighted by molar-refractivity contribution is 5.96. The number of halogens is 2. The van der Waals surface area contributed by atoms with Gasteiger partial charge in [0.2, 0.25) is 0 Å². The molecule has 1 atom stereocenters. The van der Waals surface area contributed by atoms with E-state index in [4.69, 9.17) is 5.26 Å². The second-order valence-corrected chi connectivity index (χ2v) is 5.01. The van der Waals surface area contributed by atoms with Gasteiger partial charge in [-0.25, -0.2) is 13.6 Å². The van der Waals surface area contributed by atoms with Gasteiger partial charge in [-0.05, 0) is 35.9 Å². The minimum Gasteiger partial charge on any atom is -0.480 e. The van der Waals surface area contributed by atoms with Crippen LogP contribution in [-0.2, 0) is 11.2 Å². The Morgan fingerprint density at radius 3 is 2.54 bits per heavy atom. The Bertz CT molecular complexity index is 831. The van der Waals surface area contributed by atoms with Crippen molar-refractivity contribution < 1.29 is 23.5 Å². The molecular weight excluding hydrogens is 318 g/mol. The smallest absolute Gasteiger partial charge is 0.326 e. The fraction of sp³-hybridized carbons (Fsp3) is 0.118. The van der Waals surface area contributed by atoms with Crippen LogP contribution in [0.15, 0.2) is 42.5 Å². The molecule has 2 rings (SSSR count). The first kappa shape index (κ1) is 17.1. The molecule has 2 aromatic carbocycles. The number of rotatable bonds is 5. The number of hydrogen-bond acceptors (Lipinski definition) is 3. The standard InChI is InChI=1S/C17H12F2N2O3/c18-13-5-4-12(8-14(13)19)16(22)21-15(17(23)24)7-10-2-1-3-11(6-10)9-20/h1-6,8,15H,7H2,(H,21,22)(H,23,24)/t15-/m1/s1. The van der Waals surface area contributed by atoms with Crippen LogP contribution in [0, 0.1) is 23.0 Å². The van der Waals surface area contributed by atoms with E-state index in [0.717, 1.165) is 12.1 Å². The molecule has 2 N–H and O–H groups in total. The molecule has 0 saturated heterocycles. The Morgan fingerprint density at radius 2 is 1.92 bits per heavy atom. The van der Waals surface area contributed by atoms with E-state index in [9.17, 15) is 23.5 Å². The number of hydrogen-bond donors (Lipinski definition) is 2. The first-order valence-electron chi connectivity index (χ1n) is 6.88. The summed E-state index contributed by atoms with van der Waals surface area (Å²) < 4.78 is 26.0. The van der Waals surface area contributed by atoms with E-state index in [2.05, 4.69) is 5.32 Å². The number of carboxylic acid groups (broad SMARTS) is 1. The van der Waals surface area contributed by atoms with Gasteiger partial charge in [0.25, 0.3) is 5.91 Å². The van der Waals surface area contributed by atoms with Gasteiger partial charge in [-0.15, -0.1) is 0 Å². The molecule has 122 valence electrons. The van der Waals surface area contributed by atoms with Crippen molar-refractivity contribution in [1.82, 2.24) is 5.32 Å². The molecule has 0 saturated carbocycles. The third-order valence-corrected chi connectivity index (χ3v) is 3.28. The fourth-order valence-electron chi connectivity index (χ4n) is 2.08. The van der Waals surface area contributed by atoms with Gasteiger partial charge < -0.3 is 10.4 Å². The molecule has 0 radical (unpaired) electrons. The van der Waals surface area contributed by atoms with Crippen LogP contribution < -0.4 is 5.32 Å². The van der Waals surface area contributed by atoms with E-state index >= 15 is 0 Å². The minimum absolute atomic E-state index is 0.0553. The highest BCUT2D eigenvalue weighted by Crippen LogP contribution is 2.11. The van der Waals surface area contributed by atoms with Gasteiger partial charge in [0.1, 0.15) is 6.04 Å². The topological polar surface area (TPSA) is 90.2 Å². The summed E-state index contributed by atoms with van der Waals surface area (Å²) >= 11 is 0. The largest absolute Gasteiger partial charge is 0.480 e. The first-order valence-corrected chi connectivity index (χ1v) is 6.88. The minimum atomic E-state index is -1.28. The van der Waals surface area contributed by atoms with E-state index in [-0.39, 0.29) is 12.0 Å². The van der Waals surface area contributed by atoms with Crippen LogP contribution in [0.4, 0.5) is 8.78 Å².